The molecule has 2 N–H and O–H groups in total. The third-order valence-corrected chi connectivity index (χ3v) is 8.12. The number of nitrogens with zero attached hydrogens (tertiary/aromatic N) is 3. The second-order valence-corrected chi connectivity index (χ2v) is 11.5. The number of anilines is 2. The first-order chi connectivity index (χ1) is 17.6. The van der Waals surface area contributed by atoms with Gasteiger partial charge in [0.1, 0.15) is 11.6 Å². The molecule has 1 unspecified atom stereocenters. The Kier molecular flexibility index (Phi) is 7.89. The van der Waals surface area contributed by atoms with Crippen molar-refractivity contribution in [2.24, 2.45) is 5.92 Å². The second-order valence-electron chi connectivity index (χ2n) is 9.85. The molecule has 2 aromatic carbocycles. The van der Waals surface area contributed by atoms with Crippen molar-refractivity contribution in [3.05, 3.63) is 54.1 Å². The number of sulfonamides is 1. The summed E-state index contributed by atoms with van der Waals surface area (Å²) in [6.07, 6.45) is 1.14. The molecule has 0 radical (unpaired) electrons. The summed E-state index contributed by atoms with van der Waals surface area (Å²) in [5.74, 6) is 0.712. The molecule has 0 aliphatic carbocycles. The van der Waals surface area contributed by atoms with Crippen molar-refractivity contribution in [2.45, 2.75) is 38.1 Å². The molecule has 0 spiro atoms. The van der Waals surface area contributed by atoms with Crippen molar-refractivity contribution in [1.82, 2.24) is 9.88 Å². The summed E-state index contributed by atoms with van der Waals surface area (Å²) in [7, 11) is -2.37. The van der Waals surface area contributed by atoms with Crippen LogP contribution in [0.4, 0.5) is 11.5 Å². The van der Waals surface area contributed by atoms with Gasteiger partial charge in [0.05, 0.1) is 23.1 Å². The third-order valence-electron chi connectivity index (χ3n) is 6.72. The summed E-state index contributed by atoms with van der Waals surface area (Å²) < 4.78 is 33.3. The van der Waals surface area contributed by atoms with E-state index in [1.165, 1.54) is 25.3 Å². The van der Waals surface area contributed by atoms with Crippen molar-refractivity contribution < 1.29 is 23.1 Å². The molecular formula is C27H34N4O5S. The van der Waals surface area contributed by atoms with Crippen molar-refractivity contribution in [2.75, 3.05) is 42.9 Å². The van der Waals surface area contributed by atoms with E-state index in [-0.39, 0.29) is 16.1 Å². The average Bonchev–Trinajstić information content (AvgIpc) is 2.87. The first kappa shape index (κ1) is 26.7. The van der Waals surface area contributed by atoms with Gasteiger partial charge in [-0.15, -0.1) is 0 Å². The molecular weight excluding hydrogens is 492 g/mol. The lowest BCUT2D eigenvalue weighted by Gasteiger charge is -2.39. The number of benzene rings is 2. The number of methoxy groups -OCH3 is 1. The van der Waals surface area contributed by atoms with Gasteiger partial charge in [0.25, 0.3) is 10.0 Å². The first-order valence-electron chi connectivity index (χ1n) is 12.4. The standard InChI is InChI=1S/C27H34N4O5S/c1-18(2)15-19(3)30-11-13-31(14-12-30)26-17-24(27(32)33)23-16-20(5-10-25(23)28-26)29-37(34,35)22-8-6-21(36-4)7-9-22/h5-10,16-19,29H,11-15H2,1-4H3,(H,32,33). The number of hydrogen-bond acceptors (Lipinski definition) is 7. The smallest absolute Gasteiger partial charge is 0.336 e. The van der Waals surface area contributed by atoms with Gasteiger partial charge in [0.2, 0.25) is 0 Å². The Bertz CT molecular complexity index is 1370. The van der Waals surface area contributed by atoms with E-state index in [0.717, 1.165) is 32.6 Å². The SMILES string of the molecule is COc1ccc(S(=O)(=O)Nc2ccc3nc(N4CCN(C(C)CC(C)C)CC4)cc(C(=O)O)c3c2)cc1. The van der Waals surface area contributed by atoms with Crippen molar-refractivity contribution in [3.63, 3.8) is 0 Å². The molecule has 1 atom stereocenters. The van der Waals surface area contributed by atoms with Crippen molar-refractivity contribution in [1.29, 1.82) is 0 Å². The Morgan fingerprint density at radius 3 is 2.32 bits per heavy atom. The average molecular weight is 527 g/mol. The predicted molar refractivity (Wildman–Crippen MR) is 145 cm³/mol. The van der Waals surface area contributed by atoms with E-state index in [0.29, 0.717) is 34.4 Å². The molecule has 1 fully saturated rings. The van der Waals surface area contributed by atoms with Gasteiger partial charge in [-0.25, -0.2) is 18.2 Å². The Morgan fingerprint density at radius 1 is 1.05 bits per heavy atom. The van der Waals surface area contributed by atoms with Crippen LogP contribution >= 0.6 is 0 Å². The van der Waals surface area contributed by atoms with Crippen LogP contribution in [0.25, 0.3) is 10.9 Å². The van der Waals surface area contributed by atoms with Gasteiger partial charge in [-0.3, -0.25) is 9.62 Å². The summed E-state index contributed by atoms with van der Waals surface area (Å²) in [6.45, 7) is 10.0. The van der Waals surface area contributed by atoms with Gasteiger partial charge in [0, 0.05) is 43.3 Å². The molecule has 9 nitrogen and oxygen atoms in total. The maximum atomic E-state index is 12.9. The fraction of sp³-hybridized carbons (Fsp3) is 0.407. The molecule has 10 heteroatoms. The molecule has 37 heavy (non-hydrogen) atoms. The Hall–Kier alpha value is -3.37. The number of aromatic nitrogens is 1. The highest BCUT2D eigenvalue weighted by atomic mass is 32.2. The van der Waals surface area contributed by atoms with Crippen molar-refractivity contribution in [3.8, 4) is 5.75 Å². The molecule has 0 amide bonds. The fourth-order valence-electron chi connectivity index (χ4n) is 4.81. The van der Waals surface area contributed by atoms with E-state index in [2.05, 4.69) is 35.3 Å². The fourth-order valence-corrected chi connectivity index (χ4v) is 5.86. The zero-order valence-corrected chi connectivity index (χ0v) is 22.5. The predicted octanol–water partition coefficient (Wildman–Crippen LogP) is 4.30. The van der Waals surface area contributed by atoms with Crippen LogP contribution in [0, 0.1) is 5.92 Å². The molecule has 1 aliphatic rings. The number of pyridine rings is 1. The molecule has 3 aromatic rings. The Morgan fingerprint density at radius 2 is 1.73 bits per heavy atom. The lowest BCUT2D eigenvalue weighted by molar-refractivity contribution is 0.0699. The number of piperazine rings is 1. The number of carboxylic acid groups (broad SMARTS) is 1. The number of carbonyl (C=O) groups is 1. The van der Waals surface area contributed by atoms with Gasteiger partial charge < -0.3 is 14.7 Å². The minimum absolute atomic E-state index is 0.0715. The van der Waals surface area contributed by atoms with Crippen LogP contribution in [-0.2, 0) is 10.0 Å². The maximum absolute atomic E-state index is 12.9. The number of aromatic carboxylic acids is 1. The number of carboxylic acids is 1. The first-order valence-corrected chi connectivity index (χ1v) is 13.9. The van der Waals surface area contributed by atoms with E-state index in [1.54, 1.807) is 30.3 Å². The highest BCUT2D eigenvalue weighted by molar-refractivity contribution is 7.92. The number of nitrogens with one attached hydrogen (secondary N) is 1. The van der Waals surface area contributed by atoms with Crippen molar-refractivity contribution >= 4 is 38.4 Å². The van der Waals surface area contributed by atoms with E-state index in [9.17, 15) is 18.3 Å². The van der Waals surface area contributed by atoms with Crippen LogP contribution in [0.15, 0.2) is 53.4 Å². The number of fused-ring (bicyclic) bond motifs is 1. The maximum Gasteiger partial charge on any atom is 0.336 e. The number of rotatable bonds is 9. The van der Waals surface area contributed by atoms with Crippen LogP contribution < -0.4 is 14.4 Å². The van der Waals surface area contributed by atoms with Gasteiger partial charge in [-0.05, 0) is 67.8 Å². The molecule has 0 bridgehead atoms. The minimum Gasteiger partial charge on any atom is -0.497 e. The number of hydrogen-bond donors (Lipinski definition) is 2. The van der Waals surface area contributed by atoms with Gasteiger partial charge in [0.15, 0.2) is 0 Å². The zero-order chi connectivity index (χ0) is 26.7. The summed E-state index contributed by atoms with van der Waals surface area (Å²) in [5.41, 5.74) is 0.840. The van der Waals surface area contributed by atoms with E-state index in [1.807, 2.05) is 0 Å². The molecule has 198 valence electrons. The quantitative estimate of drug-likeness (QED) is 0.425. The molecule has 1 saturated heterocycles. The van der Waals surface area contributed by atoms with Crippen LogP contribution in [0.1, 0.15) is 37.6 Å². The van der Waals surface area contributed by atoms with Gasteiger partial charge in [-0.2, -0.15) is 0 Å². The normalized spacial score (nSPS) is 15.6. The van der Waals surface area contributed by atoms with Crippen LogP contribution in [-0.4, -0.2) is 68.7 Å². The largest absolute Gasteiger partial charge is 0.497 e. The Balaban J connectivity index is 1.57. The minimum atomic E-state index is -3.87. The summed E-state index contributed by atoms with van der Waals surface area (Å²) in [5, 5.41) is 10.3. The van der Waals surface area contributed by atoms with E-state index in [4.69, 9.17) is 9.72 Å². The third kappa shape index (κ3) is 6.14. The number of ether oxygens (including phenoxy) is 1. The van der Waals surface area contributed by atoms with Crippen LogP contribution in [0.3, 0.4) is 0 Å². The van der Waals surface area contributed by atoms with E-state index < -0.39 is 16.0 Å². The molecule has 2 heterocycles. The van der Waals surface area contributed by atoms with E-state index >= 15 is 0 Å². The lowest BCUT2D eigenvalue weighted by Crippen LogP contribution is -2.50. The second kappa shape index (κ2) is 10.9. The van der Waals surface area contributed by atoms with Gasteiger partial charge in [-0.1, -0.05) is 13.8 Å². The van der Waals surface area contributed by atoms with Crippen LogP contribution in [0.5, 0.6) is 5.75 Å². The molecule has 0 saturated carbocycles. The summed E-state index contributed by atoms with van der Waals surface area (Å²) in [6, 6.07) is 12.9. The Labute approximate surface area is 218 Å². The lowest BCUT2D eigenvalue weighted by atomic mass is 10.0. The monoisotopic (exact) mass is 526 g/mol. The zero-order valence-electron chi connectivity index (χ0n) is 21.6. The molecule has 1 aromatic heterocycles. The summed E-state index contributed by atoms with van der Waals surface area (Å²) in [4.78, 5) is 21.6. The topological polar surface area (TPSA) is 112 Å². The highest BCUT2D eigenvalue weighted by Crippen LogP contribution is 2.28. The van der Waals surface area contributed by atoms with Crippen LogP contribution in [0.2, 0.25) is 0 Å². The van der Waals surface area contributed by atoms with Gasteiger partial charge >= 0.3 is 5.97 Å². The summed E-state index contributed by atoms with van der Waals surface area (Å²) >= 11 is 0. The highest BCUT2D eigenvalue weighted by Gasteiger charge is 2.24. The molecule has 1 aliphatic heterocycles. The molecule has 4 rings (SSSR count).